The fraction of sp³-hybridized carbons (Fsp3) is 0.591. The molecule has 5 rings (SSSR count). The van der Waals surface area contributed by atoms with Gasteiger partial charge in [0.1, 0.15) is 18.4 Å². The number of hydrogen-bond acceptors (Lipinski definition) is 9. The molecule has 3 N–H and O–H groups in total. The van der Waals surface area contributed by atoms with Crippen molar-refractivity contribution in [1.82, 2.24) is 14.9 Å². The van der Waals surface area contributed by atoms with E-state index in [1.165, 1.54) is 64.2 Å². The molecule has 2 atom stereocenters. The number of aromatic hydroxyl groups is 1. The van der Waals surface area contributed by atoms with Crippen LogP contribution >= 0.6 is 0 Å². The number of carbonyl (C=O) groups is 4. The van der Waals surface area contributed by atoms with Crippen LogP contribution in [0.25, 0.3) is 22.3 Å². The first-order valence-electron chi connectivity index (χ1n) is 20.9. The first kappa shape index (κ1) is 42.4. The number of ether oxygens (including phenoxy) is 2. The summed E-state index contributed by atoms with van der Waals surface area (Å²) in [5.41, 5.74) is 1.60. The molecular formula is C44H59N3O9. The number of carbonyl (C=O) groups excluding carboxylic acids is 3. The molecule has 2 aliphatic rings. The fourth-order valence-corrected chi connectivity index (χ4v) is 8.24. The number of nitrogens with zero attached hydrogens (tertiary/aromatic N) is 2. The molecule has 12 heteroatoms. The van der Waals surface area contributed by atoms with E-state index < -0.39 is 41.9 Å². The standard InChI is InChI=1S/C44H59N3O9/c1-4-7-8-9-10-11-12-13-14-15-16-17-18-19-20-36(42(52)53)45-38(49)23-24-39(50)56-44(6-3)34-26-37-40-32(27-47(37)41(51)33(34)28-55-43(44)54)30(5-2)31-25-29(48)21-22-35(31)46-40/h21-22,25-26,36,48H,4-20,23-24,27-28H2,1-3H3,(H,45,49)(H,52,53). The zero-order chi connectivity index (χ0) is 40.2. The molecule has 1 aromatic carbocycles. The van der Waals surface area contributed by atoms with Gasteiger partial charge in [-0.25, -0.2) is 14.6 Å². The highest BCUT2D eigenvalue weighted by Crippen LogP contribution is 2.42. The first-order chi connectivity index (χ1) is 27.0. The average molecular weight is 774 g/mol. The molecule has 56 heavy (non-hydrogen) atoms. The molecule has 304 valence electrons. The SMILES string of the molecule is CCCCCCCCCCCCCCCCC(NC(=O)CCC(=O)OC1(CC)C(=O)OCc2c1cc1n(c2=O)Cc2c-1nc1ccc(O)cc1c2CC)C(=O)O. The Bertz CT molecular complexity index is 1950. The number of hydrogen-bond donors (Lipinski definition) is 3. The van der Waals surface area contributed by atoms with Crippen molar-refractivity contribution in [2.75, 3.05) is 0 Å². The second-order valence-electron chi connectivity index (χ2n) is 15.4. The van der Waals surface area contributed by atoms with Crippen LogP contribution in [0.2, 0.25) is 0 Å². The van der Waals surface area contributed by atoms with Gasteiger partial charge in [-0.2, -0.15) is 0 Å². The Morgan fingerprint density at radius 3 is 2.14 bits per heavy atom. The number of carboxylic acid groups (broad SMARTS) is 1. The molecule has 0 radical (unpaired) electrons. The minimum atomic E-state index is -1.92. The lowest BCUT2D eigenvalue weighted by molar-refractivity contribution is -0.189. The smallest absolute Gasteiger partial charge is 0.355 e. The molecule has 12 nitrogen and oxygen atoms in total. The lowest BCUT2D eigenvalue weighted by Gasteiger charge is -2.35. The molecule has 0 saturated heterocycles. The predicted molar refractivity (Wildman–Crippen MR) is 213 cm³/mol. The number of aromatic nitrogens is 2. The maximum absolute atomic E-state index is 14.0. The molecule has 2 aliphatic heterocycles. The molecule has 2 unspecified atom stereocenters. The minimum absolute atomic E-state index is 0.0303. The first-order valence-corrected chi connectivity index (χ1v) is 20.9. The van der Waals surface area contributed by atoms with E-state index >= 15 is 0 Å². The monoisotopic (exact) mass is 773 g/mol. The van der Waals surface area contributed by atoms with Crippen molar-refractivity contribution in [3.63, 3.8) is 0 Å². The van der Waals surface area contributed by atoms with Crippen molar-refractivity contribution >= 4 is 34.7 Å². The highest BCUT2D eigenvalue weighted by atomic mass is 16.6. The van der Waals surface area contributed by atoms with Crippen molar-refractivity contribution in [3.05, 3.63) is 56.9 Å². The van der Waals surface area contributed by atoms with Crippen molar-refractivity contribution in [3.8, 4) is 17.1 Å². The summed E-state index contributed by atoms with van der Waals surface area (Å²) in [5.74, 6) is -3.30. The van der Waals surface area contributed by atoms with Crippen molar-refractivity contribution in [2.45, 2.75) is 168 Å². The Hall–Kier alpha value is -4.74. The van der Waals surface area contributed by atoms with Crippen LogP contribution in [-0.2, 0) is 53.8 Å². The van der Waals surface area contributed by atoms with Gasteiger partial charge in [0.2, 0.25) is 11.5 Å². The van der Waals surface area contributed by atoms with Gasteiger partial charge in [0.15, 0.2) is 0 Å². The maximum Gasteiger partial charge on any atom is 0.355 e. The number of aryl methyl sites for hydroxylation is 1. The van der Waals surface area contributed by atoms with Crippen LogP contribution in [0.4, 0.5) is 0 Å². The summed E-state index contributed by atoms with van der Waals surface area (Å²) < 4.78 is 12.9. The van der Waals surface area contributed by atoms with Gasteiger partial charge >= 0.3 is 17.9 Å². The van der Waals surface area contributed by atoms with Crippen molar-refractivity contribution < 1.29 is 38.9 Å². The van der Waals surface area contributed by atoms with Crippen LogP contribution in [0.5, 0.6) is 5.75 Å². The zero-order valence-electron chi connectivity index (χ0n) is 33.4. The summed E-state index contributed by atoms with van der Waals surface area (Å²) in [6, 6.07) is 5.54. The summed E-state index contributed by atoms with van der Waals surface area (Å²) in [6.45, 7) is 5.84. The minimum Gasteiger partial charge on any atom is -0.508 e. The van der Waals surface area contributed by atoms with E-state index in [-0.39, 0.29) is 48.4 Å². The maximum atomic E-state index is 14.0. The van der Waals surface area contributed by atoms with Gasteiger partial charge in [0.05, 0.1) is 35.4 Å². The molecule has 3 aromatic rings. The van der Waals surface area contributed by atoms with Crippen LogP contribution in [0.3, 0.4) is 0 Å². The van der Waals surface area contributed by atoms with Crippen molar-refractivity contribution in [2.24, 2.45) is 0 Å². The van der Waals surface area contributed by atoms with Crippen LogP contribution in [0.1, 0.15) is 159 Å². The number of cyclic esters (lactones) is 1. The quantitative estimate of drug-likeness (QED) is 0.0493. The third kappa shape index (κ3) is 9.79. The van der Waals surface area contributed by atoms with E-state index in [1.807, 2.05) is 6.92 Å². The number of carboxylic acids is 1. The lowest BCUT2D eigenvalue weighted by atomic mass is 9.85. The number of phenolic OH excluding ortho intramolecular Hbond substituents is 1. The summed E-state index contributed by atoms with van der Waals surface area (Å²) in [6.07, 6.45) is 16.8. The highest BCUT2D eigenvalue weighted by Gasteiger charge is 2.50. The number of rotatable bonds is 23. The number of benzene rings is 1. The summed E-state index contributed by atoms with van der Waals surface area (Å²) in [7, 11) is 0. The molecule has 0 fully saturated rings. The van der Waals surface area contributed by atoms with E-state index in [0.29, 0.717) is 36.2 Å². The molecule has 0 saturated carbocycles. The van der Waals surface area contributed by atoms with Crippen molar-refractivity contribution in [1.29, 1.82) is 0 Å². The van der Waals surface area contributed by atoms with Crippen LogP contribution < -0.4 is 10.9 Å². The highest BCUT2D eigenvalue weighted by molar-refractivity contribution is 5.91. The van der Waals surface area contributed by atoms with Gasteiger partial charge in [-0.1, -0.05) is 111 Å². The molecule has 0 aliphatic carbocycles. The summed E-state index contributed by atoms with van der Waals surface area (Å²) in [5, 5.41) is 23.2. The van der Waals surface area contributed by atoms with E-state index in [0.717, 1.165) is 35.8 Å². The van der Waals surface area contributed by atoms with Gasteiger partial charge < -0.3 is 29.6 Å². The number of pyridine rings is 2. The predicted octanol–water partition coefficient (Wildman–Crippen LogP) is 8.12. The number of phenols is 1. The molecule has 2 aromatic heterocycles. The van der Waals surface area contributed by atoms with Gasteiger partial charge in [-0.3, -0.25) is 14.4 Å². The molecule has 4 heterocycles. The number of aliphatic carboxylic acids is 1. The normalized spacial score (nSPS) is 16.2. The van der Waals surface area contributed by atoms with E-state index in [2.05, 4.69) is 12.2 Å². The van der Waals surface area contributed by atoms with Gasteiger partial charge in [0, 0.05) is 22.9 Å². The van der Waals surface area contributed by atoms with Gasteiger partial charge in [0.25, 0.3) is 5.56 Å². The second-order valence-corrected chi connectivity index (χ2v) is 15.4. The average Bonchev–Trinajstić information content (AvgIpc) is 3.55. The number of amides is 1. The Kier molecular flexibility index (Phi) is 15.1. The Balaban J connectivity index is 1.15. The Morgan fingerprint density at radius 1 is 0.893 bits per heavy atom. The van der Waals surface area contributed by atoms with E-state index in [1.54, 1.807) is 35.8 Å². The Morgan fingerprint density at radius 2 is 1.54 bits per heavy atom. The number of esters is 2. The molecular weight excluding hydrogens is 714 g/mol. The zero-order valence-corrected chi connectivity index (χ0v) is 33.4. The third-order valence-electron chi connectivity index (χ3n) is 11.4. The lowest BCUT2D eigenvalue weighted by Crippen LogP contribution is -2.47. The van der Waals surface area contributed by atoms with E-state index in [4.69, 9.17) is 14.5 Å². The molecule has 0 bridgehead atoms. The van der Waals surface area contributed by atoms with Crippen LogP contribution in [0, 0.1) is 0 Å². The largest absolute Gasteiger partial charge is 0.508 e. The Labute approximate surface area is 329 Å². The van der Waals surface area contributed by atoms with Gasteiger partial charge in [-0.05, 0) is 49.1 Å². The third-order valence-corrected chi connectivity index (χ3v) is 11.4. The van der Waals surface area contributed by atoms with E-state index in [9.17, 15) is 34.2 Å². The molecule has 0 spiro atoms. The topological polar surface area (TPSA) is 174 Å². The number of nitrogens with one attached hydrogen (secondary N) is 1. The fourth-order valence-electron chi connectivity index (χ4n) is 8.24. The number of unbranched alkanes of at least 4 members (excludes halogenated alkanes) is 13. The summed E-state index contributed by atoms with van der Waals surface area (Å²) >= 11 is 0. The summed E-state index contributed by atoms with van der Waals surface area (Å²) in [4.78, 5) is 70.3. The van der Waals surface area contributed by atoms with Crippen LogP contribution in [0.15, 0.2) is 29.1 Å². The second kappa shape index (κ2) is 19.9. The molecule has 1 amide bonds. The number of fused-ring (bicyclic) bond motifs is 5. The van der Waals surface area contributed by atoms with Gasteiger partial charge in [-0.15, -0.1) is 0 Å². The van der Waals surface area contributed by atoms with Crippen LogP contribution in [-0.4, -0.2) is 49.6 Å².